The molecule has 0 radical (unpaired) electrons. The summed E-state index contributed by atoms with van der Waals surface area (Å²) < 4.78 is 32.3. The Hall–Kier alpha value is -2.50. The molecular formula is C19H20F2N2O2. The van der Waals surface area contributed by atoms with E-state index < -0.39 is 5.92 Å². The van der Waals surface area contributed by atoms with Crippen molar-refractivity contribution in [2.24, 2.45) is 5.92 Å². The Morgan fingerprint density at radius 2 is 2.12 bits per heavy atom. The van der Waals surface area contributed by atoms with Gasteiger partial charge in [0.2, 0.25) is 11.8 Å². The number of amides is 1. The Balaban J connectivity index is 1.75. The van der Waals surface area contributed by atoms with Crippen LogP contribution in [0.2, 0.25) is 0 Å². The number of fused-ring (bicyclic) bond motifs is 1. The highest BCUT2D eigenvalue weighted by molar-refractivity contribution is 6.06. The second-order valence-electron chi connectivity index (χ2n) is 6.31. The molecule has 1 aliphatic rings. The number of carbonyl (C=O) groups is 1. The summed E-state index contributed by atoms with van der Waals surface area (Å²) in [4.78, 5) is 15.9. The van der Waals surface area contributed by atoms with Gasteiger partial charge in [-0.25, -0.2) is 8.78 Å². The molecule has 132 valence electrons. The zero-order chi connectivity index (χ0) is 17.9. The van der Waals surface area contributed by atoms with Crippen LogP contribution in [0.5, 0.6) is 5.75 Å². The number of carbonyl (C=O) groups excluding carboxylic acids is 1. The van der Waals surface area contributed by atoms with Gasteiger partial charge >= 0.3 is 0 Å². The summed E-state index contributed by atoms with van der Waals surface area (Å²) in [6.45, 7) is 3.83. The van der Waals surface area contributed by atoms with E-state index in [1.165, 1.54) is 6.08 Å². The number of nitrogens with zero attached hydrogens (tertiary/aromatic N) is 1. The van der Waals surface area contributed by atoms with E-state index in [0.29, 0.717) is 36.4 Å². The lowest BCUT2D eigenvalue weighted by atomic mass is 9.87. The summed E-state index contributed by atoms with van der Waals surface area (Å²) in [6, 6.07) is 7.11. The highest BCUT2D eigenvalue weighted by Crippen LogP contribution is 2.37. The third-order valence-corrected chi connectivity index (χ3v) is 4.49. The molecule has 25 heavy (non-hydrogen) atoms. The molecule has 1 N–H and O–H groups in total. The van der Waals surface area contributed by atoms with E-state index in [2.05, 4.69) is 16.9 Å². The zero-order valence-corrected chi connectivity index (χ0v) is 13.8. The molecule has 1 aliphatic carbocycles. The van der Waals surface area contributed by atoms with E-state index in [1.54, 1.807) is 24.4 Å². The number of aromatic nitrogens is 1. The first-order valence-corrected chi connectivity index (χ1v) is 8.30. The van der Waals surface area contributed by atoms with Crippen LogP contribution in [0, 0.1) is 5.92 Å². The van der Waals surface area contributed by atoms with Gasteiger partial charge in [0.05, 0.1) is 12.3 Å². The van der Waals surface area contributed by atoms with Crippen molar-refractivity contribution in [1.82, 2.24) is 4.98 Å². The molecule has 2 aromatic rings. The standard InChI is InChI=1S/C19H20F2N2O2/c1-2-17(24)23-15-5-6-16(18-14(15)4-3-11-22-18)25-12-13-7-9-19(20,21)10-8-13/h2-6,11,13H,1,7-10,12H2,(H,23,24). The zero-order valence-electron chi connectivity index (χ0n) is 13.8. The number of alkyl halides is 2. The summed E-state index contributed by atoms with van der Waals surface area (Å²) in [5.74, 6) is -2.12. The number of halogens is 2. The topological polar surface area (TPSA) is 51.2 Å². The van der Waals surface area contributed by atoms with E-state index >= 15 is 0 Å². The number of hydrogen-bond donors (Lipinski definition) is 1. The van der Waals surface area contributed by atoms with Crippen LogP contribution in [0.4, 0.5) is 14.5 Å². The van der Waals surface area contributed by atoms with E-state index in [4.69, 9.17) is 4.74 Å². The van der Waals surface area contributed by atoms with Gasteiger partial charge in [-0.3, -0.25) is 9.78 Å². The van der Waals surface area contributed by atoms with E-state index in [0.717, 1.165) is 5.39 Å². The van der Waals surface area contributed by atoms with Crippen molar-refractivity contribution in [3.05, 3.63) is 43.1 Å². The maximum absolute atomic E-state index is 13.2. The predicted molar refractivity (Wildman–Crippen MR) is 93.0 cm³/mol. The van der Waals surface area contributed by atoms with Crippen LogP contribution < -0.4 is 10.1 Å². The van der Waals surface area contributed by atoms with Gasteiger partial charge in [0.25, 0.3) is 0 Å². The minimum atomic E-state index is -2.53. The number of anilines is 1. The van der Waals surface area contributed by atoms with Gasteiger partial charge in [0.1, 0.15) is 11.3 Å². The Labute approximate surface area is 144 Å². The third-order valence-electron chi connectivity index (χ3n) is 4.49. The maximum Gasteiger partial charge on any atom is 0.248 e. The molecule has 3 rings (SSSR count). The first kappa shape index (κ1) is 17.3. The molecule has 0 bridgehead atoms. The molecule has 1 heterocycles. The van der Waals surface area contributed by atoms with Gasteiger partial charge in [-0.05, 0) is 49.1 Å². The van der Waals surface area contributed by atoms with E-state index in [-0.39, 0.29) is 24.7 Å². The monoisotopic (exact) mass is 346 g/mol. The molecule has 0 saturated heterocycles. The smallest absolute Gasteiger partial charge is 0.248 e. The Morgan fingerprint density at radius 1 is 1.36 bits per heavy atom. The lowest BCUT2D eigenvalue weighted by Gasteiger charge is -2.28. The summed E-state index contributed by atoms with van der Waals surface area (Å²) in [5.41, 5.74) is 1.25. The van der Waals surface area contributed by atoms with Crippen molar-refractivity contribution in [3.8, 4) is 5.75 Å². The van der Waals surface area contributed by atoms with Crippen LogP contribution >= 0.6 is 0 Å². The van der Waals surface area contributed by atoms with Crippen molar-refractivity contribution >= 4 is 22.5 Å². The molecule has 0 aliphatic heterocycles. The van der Waals surface area contributed by atoms with Gasteiger partial charge in [-0.2, -0.15) is 0 Å². The van der Waals surface area contributed by atoms with Gasteiger partial charge in [0, 0.05) is 24.4 Å². The van der Waals surface area contributed by atoms with Gasteiger partial charge < -0.3 is 10.1 Å². The first-order valence-electron chi connectivity index (χ1n) is 8.30. The Kier molecular flexibility index (Phi) is 4.97. The molecule has 6 heteroatoms. The molecule has 1 amide bonds. The summed E-state index contributed by atoms with van der Waals surface area (Å²) in [5, 5.41) is 3.50. The number of rotatable bonds is 5. The number of pyridine rings is 1. The molecule has 1 aromatic heterocycles. The third kappa shape index (κ3) is 4.13. The van der Waals surface area contributed by atoms with Gasteiger partial charge in [-0.1, -0.05) is 6.58 Å². The van der Waals surface area contributed by atoms with Gasteiger partial charge in [0.15, 0.2) is 0 Å². The molecule has 1 aromatic carbocycles. The summed E-state index contributed by atoms with van der Waals surface area (Å²) in [7, 11) is 0. The van der Waals surface area contributed by atoms with Crippen molar-refractivity contribution in [2.45, 2.75) is 31.6 Å². The van der Waals surface area contributed by atoms with Crippen LogP contribution in [0.1, 0.15) is 25.7 Å². The number of benzene rings is 1. The fourth-order valence-corrected chi connectivity index (χ4v) is 3.03. The minimum Gasteiger partial charge on any atom is -0.491 e. The SMILES string of the molecule is C=CC(=O)Nc1ccc(OCC2CCC(F)(F)CC2)c2ncccc12. The maximum atomic E-state index is 13.2. The van der Waals surface area contributed by atoms with Crippen LogP contribution in [0.15, 0.2) is 43.1 Å². The van der Waals surface area contributed by atoms with E-state index in [1.807, 2.05) is 6.07 Å². The van der Waals surface area contributed by atoms with Crippen molar-refractivity contribution in [3.63, 3.8) is 0 Å². The molecule has 1 saturated carbocycles. The summed E-state index contributed by atoms with van der Waals surface area (Å²) in [6.07, 6.45) is 3.62. The molecular weight excluding hydrogens is 326 g/mol. The lowest BCUT2D eigenvalue weighted by Crippen LogP contribution is -2.27. The number of nitrogens with one attached hydrogen (secondary N) is 1. The fourth-order valence-electron chi connectivity index (χ4n) is 3.03. The average Bonchev–Trinajstić information content (AvgIpc) is 2.62. The van der Waals surface area contributed by atoms with Crippen LogP contribution in [0.25, 0.3) is 10.9 Å². The average molecular weight is 346 g/mol. The summed E-state index contributed by atoms with van der Waals surface area (Å²) >= 11 is 0. The fraction of sp³-hybridized carbons (Fsp3) is 0.368. The van der Waals surface area contributed by atoms with Crippen LogP contribution in [0.3, 0.4) is 0 Å². The minimum absolute atomic E-state index is 0.0768. The second-order valence-corrected chi connectivity index (χ2v) is 6.31. The quantitative estimate of drug-likeness (QED) is 0.807. The van der Waals surface area contributed by atoms with Gasteiger partial charge in [-0.15, -0.1) is 0 Å². The number of hydrogen-bond acceptors (Lipinski definition) is 3. The molecule has 4 nitrogen and oxygen atoms in total. The largest absolute Gasteiger partial charge is 0.491 e. The van der Waals surface area contributed by atoms with Crippen molar-refractivity contribution in [2.75, 3.05) is 11.9 Å². The first-order chi connectivity index (χ1) is 12.0. The Morgan fingerprint density at radius 3 is 2.84 bits per heavy atom. The van der Waals surface area contributed by atoms with Crippen molar-refractivity contribution in [1.29, 1.82) is 0 Å². The van der Waals surface area contributed by atoms with Crippen molar-refractivity contribution < 1.29 is 18.3 Å². The van der Waals surface area contributed by atoms with Crippen LogP contribution in [-0.2, 0) is 4.79 Å². The normalized spacial score (nSPS) is 17.2. The number of ether oxygens (including phenoxy) is 1. The highest BCUT2D eigenvalue weighted by Gasteiger charge is 2.35. The molecule has 0 unspecified atom stereocenters. The highest BCUT2D eigenvalue weighted by atomic mass is 19.3. The van der Waals surface area contributed by atoms with Crippen LogP contribution in [-0.4, -0.2) is 23.4 Å². The van der Waals surface area contributed by atoms with E-state index in [9.17, 15) is 13.6 Å². The second kappa shape index (κ2) is 7.17. The molecule has 1 fully saturated rings. The predicted octanol–water partition coefficient (Wildman–Crippen LogP) is 4.56. The molecule has 0 spiro atoms. The lowest BCUT2D eigenvalue weighted by molar-refractivity contribution is -0.111. The molecule has 0 atom stereocenters. The Bertz CT molecular complexity index is 782.